The molecule has 2 N–H and O–H groups in total. The fourth-order valence-electron chi connectivity index (χ4n) is 3.56. The normalized spacial score (nSPS) is 14.6. The van der Waals surface area contributed by atoms with Crippen LogP contribution in [0.3, 0.4) is 0 Å². The summed E-state index contributed by atoms with van der Waals surface area (Å²) in [5.41, 5.74) is 0.668. The van der Waals surface area contributed by atoms with Crippen molar-refractivity contribution in [1.29, 1.82) is 0 Å². The van der Waals surface area contributed by atoms with Gasteiger partial charge in [0.15, 0.2) is 0 Å². The van der Waals surface area contributed by atoms with Crippen molar-refractivity contribution >= 4 is 47.3 Å². The maximum absolute atomic E-state index is 12.9. The first-order valence-corrected chi connectivity index (χ1v) is 10.4. The highest BCUT2D eigenvalue weighted by Crippen LogP contribution is 2.31. The second kappa shape index (κ2) is 11.3. The van der Waals surface area contributed by atoms with Crippen molar-refractivity contribution in [3.05, 3.63) is 47.1 Å². The van der Waals surface area contributed by atoms with E-state index in [4.69, 9.17) is 16.3 Å². The third kappa shape index (κ3) is 6.32. The Morgan fingerprint density at radius 1 is 1.16 bits per heavy atom. The van der Waals surface area contributed by atoms with Crippen molar-refractivity contribution in [3.8, 4) is 5.75 Å². The van der Waals surface area contributed by atoms with Gasteiger partial charge in [0.1, 0.15) is 11.6 Å². The molecule has 1 aliphatic rings. The van der Waals surface area contributed by atoms with E-state index in [1.54, 1.807) is 30.3 Å². The van der Waals surface area contributed by atoms with Crippen LogP contribution in [-0.2, 0) is 4.79 Å². The summed E-state index contributed by atoms with van der Waals surface area (Å²) in [5, 5.41) is 6.14. The van der Waals surface area contributed by atoms with Gasteiger partial charge in [0.2, 0.25) is 5.91 Å². The number of rotatable bonds is 6. The van der Waals surface area contributed by atoms with Gasteiger partial charge < -0.3 is 20.3 Å². The average Bonchev–Trinajstić information content (AvgIpc) is 2.75. The number of hydrogen-bond acceptors (Lipinski definition) is 5. The number of benzene rings is 1. The van der Waals surface area contributed by atoms with E-state index in [-0.39, 0.29) is 24.2 Å². The largest absolute Gasteiger partial charge is 0.495 e. The predicted octanol–water partition coefficient (Wildman–Crippen LogP) is 4.48. The lowest BCUT2D eigenvalue weighted by Crippen LogP contribution is -2.41. The highest BCUT2D eigenvalue weighted by atomic mass is 35.5. The number of aromatic nitrogens is 1. The smallest absolute Gasteiger partial charge is 0.259 e. The van der Waals surface area contributed by atoms with Crippen molar-refractivity contribution in [3.63, 3.8) is 0 Å². The maximum Gasteiger partial charge on any atom is 0.259 e. The first-order valence-electron chi connectivity index (χ1n) is 10.0. The van der Waals surface area contributed by atoms with Crippen LogP contribution in [0.5, 0.6) is 5.75 Å². The number of methoxy groups -OCH3 is 1. The second-order valence-corrected chi connectivity index (χ2v) is 8.03. The minimum Gasteiger partial charge on any atom is -0.495 e. The maximum atomic E-state index is 12.9. The Hall–Kier alpha value is -2.35. The fourth-order valence-corrected chi connectivity index (χ4v) is 3.67. The number of halogens is 2. The molecule has 2 amide bonds. The van der Waals surface area contributed by atoms with Crippen LogP contribution in [0.15, 0.2) is 36.5 Å². The molecule has 0 bridgehead atoms. The van der Waals surface area contributed by atoms with E-state index in [0.717, 1.165) is 25.9 Å². The average molecular weight is 467 g/mol. The third-order valence-corrected chi connectivity index (χ3v) is 5.56. The number of nitrogens with zero attached hydrogens (tertiary/aromatic N) is 2. The van der Waals surface area contributed by atoms with Crippen molar-refractivity contribution in [2.75, 3.05) is 30.8 Å². The van der Waals surface area contributed by atoms with Crippen LogP contribution in [0.25, 0.3) is 0 Å². The standard InChI is InChI=1S/C22H27ClN4O3.ClH/c1-14(2)27-11-9-15(10-12-27)21(28)26-20-17(5-4-6-18(20)30-3)22(29)25-19-8-7-16(23)13-24-19;/h4-8,13-15H,9-12H2,1-3H3,(H,26,28)(H,24,25,29);1H. The Morgan fingerprint density at radius 2 is 1.87 bits per heavy atom. The van der Waals surface area contributed by atoms with E-state index in [2.05, 4.69) is 34.4 Å². The molecular weight excluding hydrogens is 439 g/mol. The van der Waals surface area contributed by atoms with Crippen LogP contribution >= 0.6 is 24.0 Å². The molecule has 1 fully saturated rings. The summed E-state index contributed by atoms with van der Waals surface area (Å²) in [5.74, 6) is 0.208. The van der Waals surface area contributed by atoms with E-state index >= 15 is 0 Å². The Morgan fingerprint density at radius 3 is 2.45 bits per heavy atom. The van der Waals surface area contributed by atoms with Crippen molar-refractivity contribution < 1.29 is 14.3 Å². The second-order valence-electron chi connectivity index (χ2n) is 7.59. The van der Waals surface area contributed by atoms with Crippen molar-refractivity contribution in [1.82, 2.24) is 9.88 Å². The number of likely N-dealkylation sites (tertiary alicyclic amines) is 1. The number of carbonyl (C=O) groups excluding carboxylic acids is 2. The molecule has 0 spiro atoms. The summed E-state index contributed by atoms with van der Waals surface area (Å²) in [6.45, 7) is 6.10. The van der Waals surface area contributed by atoms with Gasteiger partial charge in [-0.05, 0) is 64.0 Å². The van der Waals surface area contributed by atoms with Gasteiger partial charge >= 0.3 is 0 Å². The molecule has 0 saturated carbocycles. The predicted molar refractivity (Wildman–Crippen MR) is 126 cm³/mol. The lowest BCUT2D eigenvalue weighted by molar-refractivity contribution is -0.121. The van der Waals surface area contributed by atoms with E-state index in [0.29, 0.717) is 33.9 Å². The number of pyridine rings is 1. The number of anilines is 2. The van der Waals surface area contributed by atoms with Gasteiger partial charge in [-0.2, -0.15) is 0 Å². The van der Waals surface area contributed by atoms with E-state index in [1.807, 2.05) is 0 Å². The van der Waals surface area contributed by atoms with Crippen LogP contribution in [0.2, 0.25) is 5.02 Å². The zero-order valence-corrected chi connectivity index (χ0v) is 19.4. The minimum absolute atomic E-state index is 0. The molecule has 1 aliphatic heterocycles. The highest BCUT2D eigenvalue weighted by molar-refractivity contribution is 6.30. The molecule has 3 rings (SSSR count). The molecule has 31 heavy (non-hydrogen) atoms. The minimum atomic E-state index is -0.395. The van der Waals surface area contributed by atoms with Crippen LogP contribution < -0.4 is 15.4 Å². The molecule has 168 valence electrons. The summed E-state index contributed by atoms with van der Waals surface area (Å²) in [4.78, 5) is 32.3. The first kappa shape index (κ1) is 24.9. The molecule has 0 atom stereocenters. The summed E-state index contributed by atoms with van der Waals surface area (Å²) in [7, 11) is 1.51. The number of para-hydroxylation sites is 1. The van der Waals surface area contributed by atoms with Crippen LogP contribution in [0, 0.1) is 5.92 Å². The summed E-state index contributed by atoms with van der Waals surface area (Å²) in [6.07, 6.45) is 3.03. The van der Waals surface area contributed by atoms with Gasteiger partial charge in [-0.15, -0.1) is 12.4 Å². The monoisotopic (exact) mass is 466 g/mol. The highest BCUT2D eigenvalue weighted by Gasteiger charge is 2.28. The SMILES string of the molecule is COc1cccc(C(=O)Nc2ccc(Cl)cn2)c1NC(=O)C1CCN(C(C)C)CC1.Cl. The quantitative estimate of drug-likeness (QED) is 0.655. The number of piperidine rings is 1. The molecule has 9 heteroatoms. The van der Waals surface area contributed by atoms with Gasteiger partial charge in [0, 0.05) is 18.2 Å². The van der Waals surface area contributed by atoms with E-state index in [9.17, 15) is 9.59 Å². The molecule has 1 saturated heterocycles. The summed E-state index contributed by atoms with van der Waals surface area (Å²) < 4.78 is 5.40. The number of amides is 2. The molecule has 2 heterocycles. The number of ether oxygens (including phenoxy) is 1. The third-order valence-electron chi connectivity index (χ3n) is 5.34. The Bertz CT molecular complexity index is 898. The molecule has 1 aromatic carbocycles. The van der Waals surface area contributed by atoms with Crippen molar-refractivity contribution in [2.45, 2.75) is 32.7 Å². The zero-order chi connectivity index (χ0) is 21.7. The van der Waals surface area contributed by atoms with Crippen LogP contribution in [0.1, 0.15) is 37.0 Å². The molecule has 0 aliphatic carbocycles. The number of hydrogen-bond donors (Lipinski definition) is 2. The van der Waals surface area contributed by atoms with Gasteiger partial charge in [-0.3, -0.25) is 9.59 Å². The molecule has 0 radical (unpaired) electrons. The molecule has 7 nitrogen and oxygen atoms in total. The summed E-state index contributed by atoms with van der Waals surface area (Å²) >= 11 is 5.85. The molecule has 1 aromatic heterocycles. The zero-order valence-electron chi connectivity index (χ0n) is 17.9. The van der Waals surface area contributed by atoms with Crippen LogP contribution in [-0.4, -0.2) is 47.9 Å². The van der Waals surface area contributed by atoms with Gasteiger partial charge in [0.05, 0.1) is 23.4 Å². The van der Waals surface area contributed by atoms with Crippen LogP contribution in [0.4, 0.5) is 11.5 Å². The molecular formula is C22H28Cl2N4O3. The molecule has 0 unspecified atom stereocenters. The van der Waals surface area contributed by atoms with E-state index < -0.39 is 5.91 Å². The number of carbonyl (C=O) groups is 2. The van der Waals surface area contributed by atoms with Crippen molar-refractivity contribution in [2.24, 2.45) is 5.92 Å². The Labute approximate surface area is 193 Å². The number of nitrogens with one attached hydrogen (secondary N) is 2. The van der Waals surface area contributed by atoms with Gasteiger partial charge in [0.25, 0.3) is 5.91 Å². The lowest BCUT2D eigenvalue weighted by Gasteiger charge is -2.34. The summed E-state index contributed by atoms with van der Waals surface area (Å²) in [6, 6.07) is 8.79. The molecule has 2 aromatic rings. The topological polar surface area (TPSA) is 83.6 Å². The fraction of sp³-hybridized carbons (Fsp3) is 0.409. The lowest BCUT2D eigenvalue weighted by atomic mass is 9.95. The first-order chi connectivity index (χ1) is 14.4. The Balaban J connectivity index is 0.00000341. The van der Waals surface area contributed by atoms with Gasteiger partial charge in [-0.25, -0.2) is 4.98 Å². The Kier molecular flexibility index (Phi) is 9.10. The van der Waals surface area contributed by atoms with Gasteiger partial charge in [-0.1, -0.05) is 17.7 Å². The van der Waals surface area contributed by atoms with E-state index in [1.165, 1.54) is 13.3 Å².